The Morgan fingerprint density at radius 1 is 1.44 bits per heavy atom. The number of carbonyl (C=O) groups excluding carboxylic acids is 1. The normalized spacial score (nSPS) is 29.4. The second-order valence-electron chi connectivity index (χ2n) is 5.25. The molecule has 1 saturated carbocycles. The third-order valence-corrected chi connectivity index (χ3v) is 4.06. The molecule has 2 fully saturated rings. The van der Waals surface area contributed by atoms with Gasteiger partial charge in [-0.15, -0.1) is 0 Å². The fourth-order valence-electron chi connectivity index (χ4n) is 2.94. The van der Waals surface area contributed by atoms with Crippen molar-refractivity contribution >= 4 is 5.91 Å². The van der Waals surface area contributed by atoms with Crippen molar-refractivity contribution in [3.8, 4) is 0 Å². The summed E-state index contributed by atoms with van der Waals surface area (Å²) in [6.07, 6.45) is 6.15. The third kappa shape index (κ3) is 1.91. The standard InChI is InChI=1S/C12H18N4O2/c13-12(18)8-4-14-16(5-8)9-6-15(7-9)10-2-1-3-11(10)17/h4-5,9-11,17H,1-3,6-7H2,(H2,13,18). The fourth-order valence-corrected chi connectivity index (χ4v) is 2.94. The van der Waals surface area contributed by atoms with Crippen molar-refractivity contribution in [3.63, 3.8) is 0 Å². The molecule has 6 heteroatoms. The molecule has 2 heterocycles. The first-order valence-electron chi connectivity index (χ1n) is 6.41. The molecule has 1 aromatic heterocycles. The van der Waals surface area contributed by atoms with E-state index in [2.05, 4.69) is 10.00 Å². The van der Waals surface area contributed by atoms with Crippen molar-refractivity contribution in [2.24, 2.45) is 5.73 Å². The van der Waals surface area contributed by atoms with Crippen molar-refractivity contribution in [2.75, 3.05) is 13.1 Å². The zero-order chi connectivity index (χ0) is 12.7. The smallest absolute Gasteiger partial charge is 0.251 e. The third-order valence-electron chi connectivity index (χ3n) is 4.06. The Morgan fingerprint density at radius 2 is 2.22 bits per heavy atom. The number of aromatic nitrogens is 2. The number of nitrogens with zero attached hydrogens (tertiary/aromatic N) is 3. The van der Waals surface area contributed by atoms with Crippen LogP contribution >= 0.6 is 0 Å². The summed E-state index contributed by atoms with van der Waals surface area (Å²) < 4.78 is 1.80. The predicted molar refractivity (Wildman–Crippen MR) is 65.0 cm³/mol. The molecule has 1 aliphatic heterocycles. The maximum atomic E-state index is 11.0. The van der Waals surface area contributed by atoms with E-state index < -0.39 is 5.91 Å². The number of nitrogens with two attached hydrogens (primary N) is 1. The summed E-state index contributed by atoms with van der Waals surface area (Å²) in [5, 5.41) is 14.0. The maximum Gasteiger partial charge on any atom is 0.251 e. The van der Waals surface area contributed by atoms with Crippen LogP contribution in [0.4, 0.5) is 0 Å². The highest BCUT2D eigenvalue weighted by atomic mass is 16.3. The van der Waals surface area contributed by atoms with E-state index in [1.807, 2.05) is 0 Å². The molecule has 1 amide bonds. The SMILES string of the molecule is NC(=O)c1cnn(C2CN(C3CCCC3O)C2)c1. The molecule has 6 nitrogen and oxygen atoms in total. The van der Waals surface area contributed by atoms with Crippen LogP contribution in [0.2, 0.25) is 0 Å². The lowest BCUT2D eigenvalue weighted by molar-refractivity contribution is 0.000000598. The van der Waals surface area contributed by atoms with Gasteiger partial charge in [-0.25, -0.2) is 0 Å². The molecule has 3 N–H and O–H groups in total. The number of aliphatic hydroxyl groups is 1. The molecule has 18 heavy (non-hydrogen) atoms. The molecule has 3 rings (SSSR count). The van der Waals surface area contributed by atoms with Gasteiger partial charge in [-0.3, -0.25) is 14.4 Å². The quantitative estimate of drug-likeness (QED) is 0.775. The molecule has 0 aromatic carbocycles. The highest BCUT2D eigenvalue weighted by molar-refractivity contribution is 5.92. The van der Waals surface area contributed by atoms with E-state index in [1.165, 1.54) is 6.20 Å². The fraction of sp³-hybridized carbons (Fsp3) is 0.667. The summed E-state index contributed by atoms with van der Waals surface area (Å²) in [6, 6.07) is 0.610. The lowest BCUT2D eigenvalue weighted by Gasteiger charge is -2.44. The van der Waals surface area contributed by atoms with Gasteiger partial charge in [-0.05, 0) is 19.3 Å². The minimum atomic E-state index is -0.441. The van der Waals surface area contributed by atoms with Crippen LogP contribution in [-0.4, -0.2) is 50.9 Å². The van der Waals surface area contributed by atoms with Gasteiger partial charge in [0.1, 0.15) is 0 Å². The van der Waals surface area contributed by atoms with Gasteiger partial charge >= 0.3 is 0 Å². The summed E-state index contributed by atoms with van der Waals surface area (Å²) in [7, 11) is 0. The number of aliphatic hydroxyl groups excluding tert-OH is 1. The van der Waals surface area contributed by atoms with Crippen molar-refractivity contribution < 1.29 is 9.90 Å². The van der Waals surface area contributed by atoms with Crippen LogP contribution in [0.3, 0.4) is 0 Å². The first kappa shape index (κ1) is 11.7. The summed E-state index contributed by atoms with van der Waals surface area (Å²) in [5.41, 5.74) is 5.65. The summed E-state index contributed by atoms with van der Waals surface area (Å²) in [6.45, 7) is 1.78. The number of hydrogen-bond acceptors (Lipinski definition) is 4. The lowest BCUT2D eigenvalue weighted by Crippen LogP contribution is -2.55. The van der Waals surface area contributed by atoms with E-state index in [1.54, 1.807) is 10.9 Å². The van der Waals surface area contributed by atoms with Crippen LogP contribution in [0.1, 0.15) is 35.7 Å². The van der Waals surface area contributed by atoms with Crippen LogP contribution in [0.5, 0.6) is 0 Å². The Balaban J connectivity index is 1.59. The summed E-state index contributed by atoms with van der Waals surface area (Å²) in [5.74, 6) is -0.441. The molecule has 1 aliphatic carbocycles. The minimum absolute atomic E-state index is 0.176. The van der Waals surface area contributed by atoms with Crippen molar-refractivity contribution in [2.45, 2.75) is 37.5 Å². The number of likely N-dealkylation sites (tertiary alicyclic amines) is 1. The molecule has 2 atom stereocenters. The number of carbonyl (C=O) groups is 1. The van der Waals surface area contributed by atoms with Gasteiger partial charge in [0.2, 0.25) is 0 Å². The van der Waals surface area contributed by atoms with Gasteiger partial charge in [0, 0.05) is 25.3 Å². The van der Waals surface area contributed by atoms with Crippen molar-refractivity contribution in [1.29, 1.82) is 0 Å². The molecular formula is C12H18N4O2. The van der Waals surface area contributed by atoms with E-state index in [-0.39, 0.29) is 6.10 Å². The molecule has 2 aliphatic rings. The highest BCUT2D eigenvalue weighted by Crippen LogP contribution is 2.31. The first-order chi connectivity index (χ1) is 8.65. The number of hydrogen-bond donors (Lipinski definition) is 2. The molecule has 1 saturated heterocycles. The number of primary amides is 1. The summed E-state index contributed by atoms with van der Waals surface area (Å²) in [4.78, 5) is 13.3. The van der Waals surface area contributed by atoms with Gasteiger partial charge in [0.15, 0.2) is 0 Å². The lowest BCUT2D eigenvalue weighted by atomic mass is 10.0. The second-order valence-corrected chi connectivity index (χ2v) is 5.25. The van der Waals surface area contributed by atoms with E-state index in [0.717, 1.165) is 32.4 Å². The van der Waals surface area contributed by atoms with Crippen LogP contribution in [0.15, 0.2) is 12.4 Å². The Bertz CT molecular complexity index is 453. The minimum Gasteiger partial charge on any atom is -0.391 e. The Morgan fingerprint density at radius 3 is 2.78 bits per heavy atom. The monoisotopic (exact) mass is 250 g/mol. The van der Waals surface area contributed by atoms with Gasteiger partial charge in [-0.2, -0.15) is 5.10 Å². The maximum absolute atomic E-state index is 11.0. The molecule has 98 valence electrons. The van der Waals surface area contributed by atoms with E-state index in [9.17, 15) is 9.90 Å². The Kier molecular flexibility index (Phi) is 2.83. The van der Waals surface area contributed by atoms with Crippen LogP contribution in [0.25, 0.3) is 0 Å². The van der Waals surface area contributed by atoms with Crippen LogP contribution < -0.4 is 5.73 Å². The van der Waals surface area contributed by atoms with E-state index >= 15 is 0 Å². The Labute approximate surface area is 105 Å². The largest absolute Gasteiger partial charge is 0.391 e. The van der Waals surface area contributed by atoms with Crippen LogP contribution in [-0.2, 0) is 0 Å². The van der Waals surface area contributed by atoms with Crippen molar-refractivity contribution in [1.82, 2.24) is 14.7 Å². The van der Waals surface area contributed by atoms with E-state index in [0.29, 0.717) is 17.6 Å². The van der Waals surface area contributed by atoms with Crippen LogP contribution in [0, 0.1) is 0 Å². The molecule has 2 unspecified atom stereocenters. The molecule has 1 aromatic rings. The Hall–Kier alpha value is -1.40. The molecule has 0 radical (unpaired) electrons. The molecule has 0 bridgehead atoms. The topological polar surface area (TPSA) is 84.4 Å². The zero-order valence-electron chi connectivity index (χ0n) is 10.2. The highest BCUT2D eigenvalue weighted by Gasteiger charge is 2.39. The summed E-state index contributed by atoms with van der Waals surface area (Å²) >= 11 is 0. The van der Waals surface area contributed by atoms with Crippen molar-refractivity contribution in [3.05, 3.63) is 18.0 Å². The second kappa shape index (κ2) is 4.37. The first-order valence-corrected chi connectivity index (χ1v) is 6.41. The number of rotatable bonds is 3. The van der Waals surface area contributed by atoms with Gasteiger partial charge < -0.3 is 10.8 Å². The molecule has 0 spiro atoms. The average Bonchev–Trinajstić information content (AvgIpc) is 2.87. The zero-order valence-corrected chi connectivity index (χ0v) is 10.2. The predicted octanol–water partition coefficient (Wildman–Crippen LogP) is -0.248. The van der Waals surface area contributed by atoms with Gasteiger partial charge in [-0.1, -0.05) is 0 Å². The van der Waals surface area contributed by atoms with Gasteiger partial charge in [0.25, 0.3) is 5.91 Å². The van der Waals surface area contributed by atoms with Gasteiger partial charge in [0.05, 0.1) is 23.9 Å². The number of amides is 1. The van der Waals surface area contributed by atoms with E-state index in [4.69, 9.17) is 5.73 Å². The molecular weight excluding hydrogens is 232 g/mol. The average molecular weight is 250 g/mol.